The first-order chi connectivity index (χ1) is 10.1. The quantitative estimate of drug-likeness (QED) is 0.803. The number of nitrogens with two attached hydrogens (primary N) is 1. The Morgan fingerprint density at radius 2 is 2.19 bits per heavy atom. The molecule has 1 aromatic carbocycles. The number of nitrogens with zero attached hydrogens (tertiary/aromatic N) is 4. The van der Waals surface area contributed by atoms with Crippen LogP contribution in [0.25, 0.3) is 11.0 Å². The van der Waals surface area contributed by atoms with Gasteiger partial charge in [0.15, 0.2) is 0 Å². The molecular formula is C15H16FN5. The number of hydrogen-bond donors (Lipinski definition) is 1. The van der Waals surface area contributed by atoms with Gasteiger partial charge >= 0.3 is 0 Å². The van der Waals surface area contributed by atoms with Crippen LogP contribution in [0.4, 0.5) is 4.39 Å². The lowest BCUT2D eigenvalue weighted by molar-refractivity contribution is 0.629. The minimum absolute atomic E-state index is 0.274. The Hall–Kier alpha value is -2.21. The number of imidazole rings is 1. The van der Waals surface area contributed by atoms with Crippen molar-refractivity contribution in [1.82, 2.24) is 19.3 Å². The predicted molar refractivity (Wildman–Crippen MR) is 77.2 cm³/mol. The molecule has 1 aliphatic carbocycles. The lowest BCUT2D eigenvalue weighted by Gasteiger charge is -2.12. The largest absolute Gasteiger partial charge is 0.323 e. The molecule has 0 aliphatic heterocycles. The van der Waals surface area contributed by atoms with Gasteiger partial charge < -0.3 is 10.3 Å². The fourth-order valence-corrected chi connectivity index (χ4v) is 2.78. The molecule has 6 heteroatoms. The van der Waals surface area contributed by atoms with E-state index in [2.05, 4.69) is 14.6 Å². The highest BCUT2D eigenvalue weighted by Gasteiger charge is 2.30. The van der Waals surface area contributed by atoms with E-state index >= 15 is 0 Å². The molecule has 2 aromatic heterocycles. The fraction of sp³-hybridized carbons (Fsp3) is 0.333. The van der Waals surface area contributed by atoms with Gasteiger partial charge in [-0.3, -0.25) is 4.68 Å². The molecule has 1 saturated carbocycles. The summed E-state index contributed by atoms with van der Waals surface area (Å²) >= 11 is 0. The molecular weight excluding hydrogens is 269 g/mol. The van der Waals surface area contributed by atoms with Gasteiger partial charge in [-0.2, -0.15) is 5.10 Å². The zero-order valence-corrected chi connectivity index (χ0v) is 11.7. The van der Waals surface area contributed by atoms with E-state index in [1.807, 2.05) is 13.2 Å². The molecule has 4 rings (SSSR count). The third-order valence-electron chi connectivity index (χ3n) is 3.95. The summed E-state index contributed by atoms with van der Waals surface area (Å²) in [7, 11) is 1.86. The third kappa shape index (κ3) is 2.03. The van der Waals surface area contributed by atoms with Gasteiger partial charge in [0, 0.05) is 30.9 Å². The minimum Gasteiger partial charge on any atom is -0.323 e. The van der Waals surface area contributed by atoms with Crippen LogP contribution >= 0.6 is 0 Å². The third-order valence-corrected chi connectivity index (χ3v) is 3.95. The Morgan fingerprint density at radius 1 is 1.38 bits per heavy atom. The summed E-state index contributed by atoms with van der Waals surface area (Å²) in [5.41, 5.74) is 8.89. The second kappa shape index (κ2) is 4.39. The van der Waals surface area contributed by atoms with E-state index in [1.54, 1.807) is 16.9 Å². The van der Waals surface area contributed by atoms with Crippen LogP contribution in [0, 0.1) is 5.82 Å². The van der Waals surface area contributed by atoms with Gasteiger partial charge in [0.05, 0.1) is 23.3 Å². The first-order valence-electron chi connectivity index (χ1n) is 7.05. The lowest BCUT2D eigenvalue weighted by atomic mass is 10.1. The van der Waals surface area contributed by atoms with Crippen molar-refractivity contribution >= 4 is 11.0 Å². The van der Waals surface area contributed by atoms with Crippen molar-refractivity contribution in [3.05, 3.63) is 47.8 Å². The van der Waals surface area contributed by atoms with Gasteiger partial charge in [-0.1, -0.05) is 0 Å². The lowest BCUT2D eigenvalue weighted by Crippen LogP contribution is -2.17. The summed E-state index contributed by atoms with van der Waals surface area (Å²) in [6, 6.07) is 4.80. The number of rotatable bonds is 3. The van der Waals surface area contributed by atoms with E-state index in [-0.39, 0.29) is 11.9 Å². The van der Waals surface area contributed by atoms with Gasteiger partial charge in [-0.25, -0.2) is 9.37 Å². The minimum atomic E-state index is -0.352. The van der Waals surface area contributed by atoms with Crippen molar-refractivity contribution in [2.75, 3.05) is 0 Å². The molecule has 21 heavy (non-hydrogen) atoms. The van der Waals surface area contributed by atoms with Crippen LogP contribution in [0.5, 0.6) is 0 Å². The predicted octanol–water partition coefficient (Wildman–Crippen LogP) is 2.29. The molecule has 5 nitrogen and oxygen atoms in total. The zero-order chi connectivity index (χ0) is 14.6. The van der Waals surface area contributed by atoms with Gasteiger partial charge in [-0.15, -0.1) is 0 Å². The Morgan fingerprint density at radius 3 is 2.86 bits per heavy atom. The highest BCUT2D eigenvalue weighted by molar-refractivity contribution is 5.76. The topological polar surface area (TPSA) is 61.7 Å². The van der Waals surface area contributed by atoms with Crippen molar-refractivity contribution in [2.24, 2.45) is 12.8 Å². The first kappa shape index (κ1) is 12.5. The monoisotopic (exact) mass is 285 g/mol. The van der Waals surface area contributed by atoms with E-state index in [9.17, 15) is 4.39 Å². The molecule has 0 amide bonds. The van der Waals surface area contributed by atoms with Crippen molar-refractivity contribution < 1.29 is 4.39 Å². The average molecular weight is 285 g/mol. The second-order valence-corrected chi connectivity index (χ2v) is 5.63. The maximum atomic E-state index is 13.4. The van der Waals surface area contributed by atoms with Crippen LogP contribution in [-0.2, 0) is 7.05 Å². The number of halogens is 1. The normalized spacial score (nSPS) is 16.5. The summed E-state index contributed by atoms with van der Waals surface area (Å²) in [6.07, 6.45) is 5.88. The summed E-state index contributed by atoms with van der Waals surface area (Å²) in [4.78, 5) is 4.58. The fourth-order valence-electron chi connectivity index (χ4n) is 2.78. The Bertz CT molecular complexity index is 815. The smallest absolute Gasteiger partial charge is 0.131 e. The summed E-state index contributed by atoms with van der Waals surface area (Å²) < 4.78 is 17.3. The van der Waals surface area contributed by atoms with E-state index in [4.69, 9.17) is 5.73 Å². The Balaban J connectivity index is 1.89. The standard InChI is InChI=1S/C15H16FN5/c1-20-8-9(7-18-20)14(17)15-19-12-6-10(16)2-5-13(12)21(15)11-3-4-11/h2,5-8,11,14H,3-4,17H2,1H3. The zero-order valence-electron chi connectivity index (χ0n) is 11.7. The van der Waals surface area contributed by atoms with E-state index in [1.165, 1.54) is 12.1 Å². The maximum absolute atomic E-state index is 13.4. The van der Waals surface area contributed by atoms with E-state index < -0.39 is 0 Å². The Labute approximate surface area is 121 Å². The molecule has 3 aromatic rings. The molecule has 1 unspecified atom stereocenters. The summed E-state index contributed by atoms with van der Waals surface area (Å²) in [5.74, 6) is 0.510. The number of hydrogen-bond acceptors (Lipinski definition) is 3. The number of aryl methyl sites for hydroxylation is 1. The summed E-state index contributed by atoms with van der Waals surface area (Å²) in [5, 5.41) is 4.16. The molecule has 2 N–H and O–H groups in total. The molecule has 0 spiro atoms. The Kier molecular flexibility index (Phi) is 2.62. The van der Waals surface area contributed by atoms with Crippen LogP contribution in [0.15, 0.2) is 30.6 Å². The van der Waals surface area contributed by atoms with Crippen LogP contribution < -0.4 is 5.73 Å². The SMILES string of the molecule is Cn1cc(C(N)c2nc3cc(F)ccc3n2C2CC2)cn1. The van der Waals surface area contributed by atoms with Crippen LogP contribution in [-0.4, -0.2) is 19.3 Å². The highest BCUT2D eigenvalue weighted by atomic mass is 19.1. The van der Waals surface area contributed by atoms with Gasteiger partial charge in [-0.05, 0) is 25.0 Å². The van der Waals surface area contributed by atoms with Gasteiger partial charge in [0.1, 0.15) is 11.6 Å². The van der Waals surface area contributed by atoms with E-state index in [0.717, 1.165) is 29.7 Å². The molecule has 0 radical (unpaired) electrons. The van der Waals surface area contributed by atoms with Crippen LogP contribution in [0.1, 0.15) is 36.3 Å². The number of fused-ring (bicyclic) bond motifs is 1. The van der Waals surface area contributed by atoms with Gasteiger partial charge in [0.2, 0.25) is 0 Å². The average Bonchev–Trinajstić information content (AvgIpc) is 3.09. The van der Waals surface area contributed by atoms with Crippen molar-refractivity contribution in [3.63, 3.8) is 0 Å². The molecule has 108 valence electrons. The van der Waals surface area contributed by atoms with Crippen LogP contribution in [0.2, 0.25) is 0 Å². The van der Waals surface area contributed by atoms with Crippen LogP contribution in [0.3, 0.4) is 0 Å². The van der Waals surface area contributed by atoms with Crippen molar-refractivity contribution in [1.29, 1.82) is 0 Å². The van der Waals surface area contributed by atoms with Gasteiger partial charge in [0.25, 0.3) is 0 Å². The molecule has 1 atom stereocenters. The molecule has 0 saturated heterocycles. The molecule has 1 fully saturated rings. The number of benzene rings is 1. The maximum Gasteiger partial charge on any atom is 0.131 e. The molecule has 0 bridgehead atoms. The number of aromatic nitrogens is 4. The van der Waals surface area contributed by atoms with Crippen molar-refractivity contribution in [3.8, 4) is 0 Å². The molecule has 1 aliphatic rings. The first-order valence-corrected chi connectivity index (χ1v) is 7.05. The highest BCUT2D eigenvalue weighted by Crippen LogP contribution is 2.40. The molecule has 2 heterocycles. The summed E-state index contributed by atoms with van der Waals surface area (Å²) in [6.45, 7) is 0. The van der Waals surface area contributed by atoms with Crippen molar-refractivity contribution in [2.45, 2.75) is 24.9 Å². The second-order valence-electron chi connectivity index (χ2n) is 5.63. The van der Waals surface area contributed by atoms with E-state index in [0.29, 0.717) is 11.6 Å².